The first-order valence-corrected chi connectivity index (χ1v) is 8.42. The van der Waals surface area contributed by atoms with Crippen LogP contribution >= 0.6 is 12.4 Å². The van der Waals surface area contributed by atoms with Crippen LogP contribution in [0.1, 0.15) is 11.1 Å². The van der Waals surface area contributed by atoms with Crippen LogP contribution in [0.3, 0.4) is 0 Å². The topological polar surface area (TPSA) is 117 Å². The maximum Gasteiger partial charge on any atom is 0.276 e. The summed E-state index contributed by atoms with van der Waals surface area (Å²) in [5.41, 5.74) is 7.25. The van der Waals surface area contributed by atoms with Gasteiger partial charge in [-0.05, 0) is 24.5 Å². The molecule has 0 saturated carbocycles. The number of rotatable bonds is 9. The summed E-state index contributed by atoms with van der Waals surface area (Å²) in [7, 11) is 2.87. The molecule has 2 rings (SSSR count). The number of ether oxygens (including phenoxy) is 2. The maximum atomic E-state index is 12.2. The number of methoxy groups -OCH3 is 2. The van der Waals surface area contributed by atoms with E-state index in [9.17, 15) is 14.9 Å². The van der Waals surface area contributed by atoms with Crippen molar-refractivity contribution in [2.45, 2.75) is 18.9 Å². The molecule has 0 aliphatic heterocycles. The van der Waals surface area contributed by atoms with Gasteiger partial charge in [-0.2, -0.15) is 0 Å². The summed E-state index contributed by atoms with van der Waals surface area (Å²) >= 11 is 0. The Morgan fingerprint density at radius 1 is 1.18 bits per heavy atom. The van der Waals surface area contributed by atoms with Gasteiger partial charge in [0, 0.05) is 12.1 Å². The number of nitro benzene ring substituents is 1. The molecule has 8 nitrogen and oxygen atoms in total. The lowest BCUT2D eigenvalue weighted by molar-refractivity contribution is -0.385. The highest BCUT2D eigenvalue weighted by molar-refractivity contribution is 5.85. The van der Waals surface area contributed by atoms with Crippen molar-refractivity contribution in [3.05, 3.63) is 63.7 Å². The molecular weight excluding hydrogens is 386 g/mol. The Kier molecular flexibility index (Phi) is 9.20. The number of amides is 1. The number of benzene rings is 2. The Labute approximate surface area is 169 Å². The number of halogens is 1. The first kappa shape index (κ1) is 23.2. The lowest BCUT2D eigenvalue weighted by atomic mass is 10.1. The van der Waals surface area contributed by atoms with Gasteiger partial charge in [0.25, 0.3) is 5.69 Å². The molecule has 2 aromatic carbocycles. The van der Waals surface area contributed by atoms with Crippen LogP contribution in [0.15, 0.2) is 42.5 Å². The zero-order valence-corrected chi connectivity index (χ0v) is 16.5. The lowest BCUT2D eigenvalue weighted by Crippen LogP contribution is -2.42. The molecule has 152 valence electrons. The van der Waals surface area contributed by atoms with Gasteiger partial charge in [0.15, 0.2) is 11.5 Å². The highest BCUT2D eigenvalue weighted by atomic mass is 35.5. The van der Waals surface area contributed by atoms with E-state index in [0.29, 0.717) is 17.7 Å². The molecule has 0 aliphatic carbocycles. The number of nitrogens with zero attached hydrogens (tertiary/aromatic N) is 1. The van der Waals surface area contributed by atoms with E-state index in [4.69, 9.17) is 15.2 Å². The minimum absolute atomic E-state index is 0. The van der Waals surface area contributed by atoms with Crippen molar-refractivity contribution in [2.75, 3.05) is 20.8 Å². The van der Waals surface area contributed by atoms with Crippen molar-refractivity contribution in [3.8, 4) is 11.5 Å². The molecule has 0 fully saturated rings. The second-order valence-electron chi connectivity index (χ2n) is 5.93. The van der Waals surface area contributed by atoms with E-state index < -0.39 is 11.0 Å². The molecule has 1 amide bonds. The zero-order valence-electron chi connectivity index (χ0n) is 15.7. The number of nitro groups is 1. The summed E-state index contributed by atoms with van der Waals surface area (Å²) in [4.78, 5) is 23.0. The summed E-state index contributed by atoms with van der Waals surface area (Å²) in [6, 6.07) is 11.6. The smallest absolute Gasteiger partial charge is 0.276 e. The van der Waals surface area contributed by atoms with E-state index in [1.807, 2.05) is 30.3 Å². The largest absolute Gasteiger partial charge is 0.493 e. The van der Waals surface area contributed by atoms with Gasteiger partial charge in [0.1, 0.15) is 0 Å². The normalized spacial score (nSPS) is 11.1. The van der Waals surface area contributed by atoms with Crippen molar-refractivity contribution in [1.82, 2.24) is 5.32 Å². The predicted octanol–water partition coefficient (Wildman–Crippen LogP) is 2.26. The predicted molar refractivity (Wildman–Crippen MR) is 108 cm³/mol. The van der Waals surface area contributed by atoms with Gasteiger partial charge < -0.3 is 20.5 Å². The molecule has 1 atom stereocenters. The molecule has 0 spiro atoms. The Morgan fingerprint density at radius 3 is 2.36 bits per heavy atom. The molecule has 0 aromatic heterocycles. The standard InChI is InChI=1S/C19H23N3O5.ClH/c1-26-17-11-14(16(22(24)25)12-18(17)27-2)8-9-21-19(23)15(20)10-13-6-4-3-5-7-13;/h3-7,11-12,15H,8-10,20H2,1-2H3,(H,21,23);1H. The number of carbonyl (C=O) groups is 1. The number of nitrogens with one attached hydrogen (secondary N) is 1. The summed E-state index contributed by atoms with van der Waals surface area (Å²) in [6.45, 7) is 0.220. The van der Waals surface area contributed by atoms with Gasteiger partial charge in [-0.15, -0.1) is 12.4 Å². The lowest BCUT2D eigenvalue weighted by Gasteiger charge is -2.13. The fourth-order valence-electron chi connectivity index (χ4n) is 2.69. The van der Waals surface area contributed by atoms with E-state index in [0.717, 1.165) is 5.56 Å². The Hall–Kier alpha value is -2.84. The monoisotopic (exact) mass is 409 g/mol. The second kappa shape index (κ2) is 11.1. The van der Waals surface area contributed by atoms with E-state index >= 15 is 0 Å². The molecule has 0 bridgehead atoms. The molecule has 0 aliphatic rings. The molecule has 9 heteroatoms. The Morgan fingerprint density at radius 2 is 1.79 bits per heavy atom. The van der Waals surface area contributed by atoms with Gasteiger partial charge in [-0.25, -0.2) is 0 Å². The average Bonchev–Trinajstić information content (AvgIpc) is 2.67. The molecule has 28 heavy (non-hydrogen) atoms. The SMILES string of the molecule is COc1cc(CCNC(=O)C(N)Cc2ccccc2)c([N+](=O)[O-])cc1OC.Cl. The summed E-state index contributed by atoms with van der Waals surface area (Å²) in [5.74, 6) is 0.369. The maximum absolute atomic E-state index is 12.2. The van der Waals surface area contributed by atoms with Crippen LogP contribution in [-0.2, 0) is 17.6 Å². The average molecular weight is 410 g/mol. The Bertz CT molecular complexity index is 802. The summed E-state index contributed by atoms with van der Waals surface area (Å²) in [6.07, 6.45) is 0.684. The Balaban J connectivity index is 0.00000392. The third-order valence-corrected chi connectivity index (χ3v) is 4.11. The van der Waals surface area contributed by atoms with Crippen LogP contribution in [-0.4, -0.2) is 37.6 Å². The third-order valence-electron chi connectivity index (χ3n) is 4.11. The second-order valence-corrected chi connectivity index (χ2v) is 5.93. The van der Waals surface area contributed by atoms with E-state index in [1.54, 1.807) is 6.07 Å². The number of hydrogen-bond acceptors (Lipinski definition) is 6. The number of nitrogens with two attached hydrogens (primary N) is 1. The van der Waals surface area contributed by atoms with E-state index in [1.165, 1.54) is 20.3 Å². The molecular formula is C19H24ClN3O5. The molecule has 0 radical (unpaired) electrons. The van der Waals surface area contributed by atoms with Crippen LogP contribution in [0, 0.1) is 10.1 Å². The van der Waals surface area contributed by atoms with Crippen molar-refractivity contribution in [1.29, 1.82) is 0 Å². The van der Waals surface area contributed by atoms with E-state index in [-0.39, 0.29) is 42.7 Å². The molecule has 0 heterocycles. The first-order chi connectivity index (χ1) is 13.0. The molecule has 0 saturated heterocycles. The van der Waals surface area contributed by atoms with Gasteiger partial charge in [-0.3, -0.25) is 14.9 Å². The summed E-state index contributed by atoms with van der Waals surface area (Å²) < 4.78 is 10.3. The third kappa shape index (κ3) is 6.11. The number of hydrogen-bond donors (Lipinski definition) is 2. The molecule has 1 unspecified atom stereocenters. The quantitative estimate of drug-likeness (QED) is 0.484. The highest BCUT2D eigenvalue weighted by Gasteiger charge is 2.20. The zero-order chi connectivity index (χ0) is 19.8. The van der Waals surface area contributed by atoms with Gasteiger partial charge in [0.2, 0.25) is 5.91 Å². The van der Waals surface area contributed by atoms with Crippen molar-refractivity contribution >= 4 is 24.0 Å². The van der Waals surface area contributed by atoms with Gasteiger partial charge >= 0.3 is 0 Å². The molecule has 3 N–H and O–H groups in total. The van der Waals surface area contributed by atoms with Crippen LogP contribution < -0.4 is 20.5 Å². The molecule has 2 aromatic rings. The van der Waals surface area contributed by atoms with Gasteiger partial charge in [-0.1, -0.05) is 30.3 Å². The van der Waals surface area contributed by atoms with Crippen LogP contribution in [0.5, 0.6) is 11.5 Å². The summed E-state index contributed by atoms with van der Waals surface area (Å²) in [5, 5.41) is 14.0. The number of carbonyl (C=O) groups excluding carboxylic acids is 1. The first-order valence-electron chi connectivity index (χ1n) is 8.42. The van der Waals surface area contributed by atoms with Crippen LogP contribution in [0.25, 0.3) is 0 Å². The van der Waals surface area contributed by atoms with Crippen LogP contribution in [0.2, 0.25) is 0 Å². The minimum Gasteiger partial charge on any atom is -0.493 e. The minimum atomic E-state index is -0.687. The fraction of sp³-hybridized carbons (Fsp3) is 0.316. The van der Waals surface area contributed by atoms with Crippen molar-refractivity contribution < 1.29 is 19.2 Å². The van der Waals surface area contributed by atoms with Crippen LogP contribution in [0.4, 0.5) is 5.69 Å². The van der Waals surface area contributed by atoms with E-state index in [2.05, 4.69) is 5.32 Å². The van der Waals surface area contributed by atoms with Crippen molar-refractivity contribution in [3.63, 3.8) is 0 Å². The highest BCUT2D eigenvalue weighted by Crippen LogP contribution is 2.34. The van der Waals surface area contributed by atoms with Gasteiger partial charge in [0.05, 0.1) is 31.3 Å². The van der Waals surface area contributed by atoms with Crippen molar-refractivity contribution in [2.24, 2.45) is 5.73 Å². The fourth-order valence-corrected chi connectivity index (χ4v) is 2.69.